The maximum atomic E-state index is 11.4. The van der Waals surface area contributed by atoms with Crippen molar-refractivity contribution in [3.05, 3.63) is 0 Å². The van der Waals surface area contributed by atoms with Crippen LogP contribution in [0, 0.1) is 44.8 Å². The molecule has 3 nitrogen and oxygen atoms in total. The van der Waals surface area contributed by atoms with Crippen molar-refractivity contribution in [1.82, 2.24) is 9.80 Å². The van der Waals surface area contributed by atoms with E-state index in [1.807, 2.05) is 0 Å². The zero-order valence-electron chi connectivity index (χ0n) is 22.0. The van der Waals surface area contributed by atoms with E-state index in [0.29, 0.717) is 28.2 Å². The van der Waals surface area contributed by atoms with Crippen LogP contribution in [0.5, 0.6) is 0 Å². The summed E-state index contributed by atoms with van der Waals surface area (Å²) in [4.78, 5) is 4.88. The number of aliphatic hydroxyl groups excluding tert-OH is 1. The van der Waals surface area contributed by atoms with Crippen molar-refractivity contribution in [1.29, 1.82) is 0 Å². The van der Waals surface area contributed by atoms with Crippen molar-refractivity contribution in [2.24, 2.45) is 44.8 Å². The minimum absolute atomic E-state index is 0.143. The molecule has 0 aromatic rings. The van der Waals surface area contributed by atoms with Crippen LogP contribution in [0.25, 0.3) is 0 Å². The fraction of sp³-hybridized carbons (Fsp3) is 1.00. The van der Waals surface area contributed by atoms with Gasteiger partial charge in [0.05, 0.1) is 6.10 Å². The molecule has 2 spiro atoms. The summed E-state index contributed by atoms with van der Waals surface area (Å²) in [6, 6.07) is 1.16. The molecular formula is C28H50N2O. The van der Waals surface area contributed by atoms with Crippen LogP contribution in [-0.4, -0.2) is 61.3 Å². The summed E-state index contributed by atoms with van der Waals surface area (Å²) in [5.74, 6) is 2.10. The Hall–Kier alpha value is -0.120. The second kappa shape index (κ2) is 6.51. The molecule has 0 heterocycles. The van der Waals surface area contributed by atoms with Gasteiger partial charge in [0, 0.05) is 18.0 Å². The van der Waals surface area contributed by atoms with Gasteiger partial charge in [-0.15, -0.1) is 0 Å². The second-order valence-corrected chi connectivity index (χ2v) is 14.3. The van der Waals surface area contributed by atoms with Crippen LogP contribution in [-0.2, 0) is 0 Å². The molecule has 178 valence electrons. The predicted octanol–water partition coefficient (Wildman–Crippen LogP) is 5.28. The van der Waals surface area contributed by atoms with E-state index >= 15 is 0 Å². The van der Waals surface area contributed by atoms with E-state index in [9.17, 15) is 5.11 Å². The number of hydrogen-bond acceptors (Lipinski definition) is 3. The van der Waals surface area contributed by atoms with Crippen LogP contribution < -0.4 is 0 Å². The van der Waals surface area contributed by atoms with E-state index < -0.39 is 0 Å². The molecule has 0 aromatic carbocycles. The minimum Gasteiger partial charge on any atom is -0.393 e. The van der Waals surface area contributed by atoms with Crippen molar-refractivity contribution in [3.63, 3.8) is 0 Å². The Morgan fingerprint density at radius 3 is 2.03 bits per heavy atom. The Kier molecular flexibility index (Phi) is 4.76. The van der Waals surface area contributed by atoms with Crippen LogP contribution in [0.3, 0.4) is 0 Å². The lowest BCUT2D eigenvalue weighted by Crippen LogP contribution is -2.59. The zero-order chi connectivity index (χ0) is 22.8. The van der Waals surface area contributed by atoms with Gasteiger partial charge in [0.1, 0.15) is 0 Å². The number of rotatable bonds is 3. The van der Waals surface area contributed by atoms with Crippen molar-refractivity contribution in [2.75, 3.05) is 28.2 Å². The van der Waals surface area contributed by atoms with Gasteiger partial charge in [0.25, 0.3) is 0 Å². The van der Waals surface area contributed by atoms with E-state index in [1.54, 1.807) is 0 Å². The average molecular weight is 431 g/mol. The molecule has 1 N–H and O–H groups in total. The van der Waals surface area contributed by atoms with Gasteiger partial charge < -0.3 is 14.9 Å². The Morgan fingerprint density at radius 1 is 0.806 bits per heavy atom. The maximum Gasteiger partial charge on any atom is 0.0594 e. The molecule has 3 heteroatoms. The fourth-order valence-electron chi connectivity index (χ4n) is 11.6. The first-order valence-corrected chi connectivity index (χ1v) is 13.3. The van der Waals surface area contributed by atoms with E-state index in [4.69, 9.17) is 0 Å². The van der Waals surface area contributed by atoms with E-state index in [-0.39, 0.29) is 16.9 Å². The van der Waals surface area contributed by atoms with Crippen molar-refractivity contribution >= 4 is 0 Å². The quantitative estimate of drug-likeness (QED) is 0.660. The third kappa shape index (κ3) is 2.47. The molecule has 0 amide bonds. The highest BCUT2D eigenvalue weighted by Gasteiger charge is 2.82. The lowest BCUT2D eigenvalue weighted by atomic mass is 9.41. The molecule has 0 aromatic heterocycles. The first-order valence-electron chi connectivity index (χ1n) is 13.3. The molecule has 10 atom stereocenters. The minimum atomic E-state index is -0.143. The van der Waals surface area contributed by atoms with Gasteiger partial charge >= 0.3 is 0 Å². The monoisotopic (exact) mass is 430 g/mol. The Balaban J connectivity index is 1.51. The normalized spacial score (nSPS) is 55.9. The summed E-state index contributed by atoms with van der Waals surface area (Å²) < 4.78 is 0. The van der Waals surface area contributed by atoms with Gasteiger partial charge in [-0.25, -0.2) is 0 Å². The molecule has 5 rings (SSSR count). The zero-order valence-corrected chi connectivity index (χ0v) is 22.0. The van der Waals surface area contributed by atoms with Crippen LogP contribution in [0.1, 0.15) is 86.0 Å². The molecule has 0 radical (unpaired) electrons. The topological polar surface area (TPSA) is 26.7 Å². The van der Waals surface area contributed by atoms with Crippen molar-refractivity contribution < 1.29 is 5.11 Å². The van der Waals surface area contributed by atoms with Gasteiger partial charge in [0.15, 0.2) is 0 Å². The summed E-state index contributed by atoms with van der Waals surface area (Å²) in [5, 5.41) is 11.4. The fourth-order valence-corrected chi connectivity index (χ4v) is 11.6. The number of hydrogen-bond donors (Lipinski definition) is 1. The molecule has 5 saturated carbocycles. The van der Waals surface area contributed by atoms with Gasteiger partial charge in [-0.1, -0.05) is 27.7 Å². The van der Waals surface area contributed by atoms with Gasteiger partial charge in [-0.2, -0.15) is 0 Å². The molecule has 0 aliphatic heterocycles. The average Bonchev–Trinajstić information content (AvgIpc) is 3.26. The van der Waals surface area contributed by atoms with Gasteiger partial charge in [-0.3, -0.25) is 0 Å². The molecule has 31 heavy (non-hydrogen) atoms. The molecule has 5 aliphatic rings. The molecule has 0 saturated heterocycles. The highest BCUT2D eigenvalue weighted by Crippen LogP contribution is 2.89. The van der Waals surface area contributed by atoms with Crippen molar-refractivity contribution in [3.8, 4) is 0 Å². The van der Waals surface area contributed by atoms with E-state index in [1.165, 1.54) is 44.9 Å². The van der Waals surface area contributed by atoms with Gasteiger partial charge in [-0.05, 0) is 125 Å². The first kappa shape index (κ1) is 22.7. The van der Waals surface area contributed by atoms with E-state index in [0.717, 1.165) is 24.3 Å². The summed E-state index contributed by atoms with van der Waals surface area (Å²) >= 11 is 0. The van der Waals surface area contributed by atoms with Crippen LogP contribution >= 0.6 is 0 Å². The Labute approximate surface area is 192 Å². The highest BCUT2D eigenvalue weighted by atomic mass is 16.3. The molecule has 0 unspecified atom stereocenters. The number of fused-ring (bicyclic) bond motifs is 2. The maximum absolute atomic E-state index is 11.4. The highest BCUT2D eigenvalue weighted by molar-refractivity contribution is 5.31. The molecule has 5 fully saturated rings. The lowest BCUT2D eigenvalue weighted by molar-refractivity contribution is -0.152. The first-order chi connectivity index (χ1) is 14.3. The number of aliphatic hydroxyl groups is 1. The largest absolute Gasteiger partial charge is 0.393 e. The van der Waals surface area contributed by atoms with Gasteiger partial charge in [0.2, 0.25) is 0 Å². The smallest absolute Gasteiger partial charge is 0.0594 e. The third-order valence-electron chi connectivity index (χ3n) is 13.1. The van der Waals surface area contributed by atoms with Crippen LogP contribution in [0.15, 0.2) is 0 Å². The lowest BCUT2D eigenvalue weighted by Gasteiger charge is -2.64. The molecular weight excluding hydrogens is 380 g/mol. The summed E-state index contributed by atoms with van der Waals surface area (Å²) in [6.45, 7) is 12.7. The summed E-state index contributed by atoms with van der Waals surface area (Å²) in [6.07, 6.45) is 10.8. The Morgan fingerprint density at radius 2 is 1.42 bits per heavy atom. The number of nitrogens with zero attached hydrogens (tertiary/aromatic N) is 2. The molecule has 0 bridgehead atoms. The summed E-state index contributed by atoms with van der Waals surface area (Å²) in [5.41, 5.74) is 2.14. The third-order valence-corrected chi connectivity index (χ3v) is 13.1. The summed E-state index contributed by atoms with van der Waals surface area (Å²) in [7, 11) is 9.01. The Bertz CT molecular complexity index is 747. The van der Waals surface area contributed by atoms with E-state index in [2.05, 4.69) is 72.6 Å². The van der Waals surface area contributed by atoms with Crippen LogP contribution in [0.4, 0.5) is 0 Å². The SMILES string of the molecule is C[C@@H]([C@H]1[C@H](O)C[C@@]2(C)[C@@H]3CC[C@H]4C(C)(C)[C@@H](N(C)C)CC[C@@]45C[C@@]35CC[C@]12C)N(C)C. The van der Waals surface area contributed by atoms with Crippen molar-refractivity contribution in [2.45, 2.75) is 104 Å². The molecule has 5 aliphatic carbocycles. The predicted molar refractivity (Wildman–Crippen MR) is 129 cm³/mol. The standard InChI is InChI=1S/C28H50N2O/c1-18(29(6)7)23-19(31)16-26(5)21-11-10-20-24(2,3)22(30(8)9)12-13-27(20)17-28(21,27)15-14-25(23,26)4/h18-23,31H,10-17H2,1-9H3/t18-,19+,20-,21-,22-,23-,25+,26-,27+,28-/m0/s1. The second-order valence-electron chi connectivity index (χ2n) is 14.3. The van der Waals surface area contributed by atoms with Crippen LogP contribution in [0.2, 0.25) is 0 Å².